The zero-order chi connectivity index (χ0) is 10.6. The van der Waals surface area contributed by atoms with Gasteiger partial charge in [-0.2, -0.15) is 0 Å². The zero-order valence-electron chi connectivity index (χ0n) is 9.62. The molecule has 0 unspecified atom stereocenters. The maximum absolute atomic E-state index is 11.7. The van der Waals surface area contributed by atoms with Crippen LogP contribution in [0.5, 0.6) is 0 Å². The Bertz CT molecular complexity index is 184. The number of likely N-dealkylation sites (N-methyl/N-ethyl adjacent to an activating group) is 1. The molecule has 1 heterocycles. The largest absolute Gasteiger partial charge is 0.340 e. The van der Waals surface area contributed by atoms with Gasteiger partial charge < -0.3 is 9.80 Å². The lowest BCUT2D eigenvalue weighted by Gasteiger charge is -2.34. The van der Waals surface area contributed by atoms with E-state index in [9.17, 15) is 4.79 Å². The number of carbonyl (C=O) groups excluding carboxylic acids is 1. The zero-order valence-corrected chi connectivity index (χ0v) is 9.62. The fourth-order valence-corrected chi connectivity index (χ4v) is 1.79. The maximum atomic E-state index is 11.7. The lowest BCUT2D eigenvalue weighted by atomic mass is 10.1. The van der Waals surface area contributed by atoms with Crippen molar-refractivity contribution in [1.82, 2.24) is 9.80 Å². The van der Waals surface area contributed by atoms with Crippen LogP contribution in [0.3, 0.4) is 0 Å². The van der Waals surface area contributed by atoms with E-state index in [1.165, 1.54) is 0 Å². The van der Waals surface area contributed by atoms with E-state index in [1.54, 1.807) is 0 Å². The summed E-state index contributed by atoms with van der Waals surface area (Å²) in [6, 6.07) is 0. The summed E-state index contributed by atoms with van der Waals surface area (Å²) in [6.07, 6.45) is 0.701. The van der Waals surface area contributed by atoms with Crippen LogP contribution in [-0.4, -0.2) is 48.4 Å². The van der Waals surface area contributed by atoms with Crippen molar-refractivity contribution < 1.29 is 4.79 Å². The van der Waals surface area contributed by atoms with Gasteiger partial charge in [-0.05, 0) is 12.5 Å². The average Bonchev–Trinajstić information content (AvgIpc) is 2.17. The summed E-state index contributed by atoms with van der Waals surface area (Å²) in [5.74, 6) is 0.808. The van der Waals surface area contributed by atoms with Crippen LogP contribution in [0, 0.1) is 5.92 Å². The normalized spacial score (nSPS) is 19.0. The van der Waals surface area contributed by atoms with E-state index in [0.29, 0.717) is 18.2 Å². The first kappa shape index (κ1) is 11.5. The molecule has 14 heavy (non-hydrogen) atoms. The molecule has 1 fully saturated rings. The molecule has 0 aliphatic carbocycles. The molecule has 1 aliphatic heterocycles. The Labute approximate surface area is 87.1 Å². The maximum Gasteiger partial charge on any atom is 0.222 e. The van der Waals surface area contributed by atoms with Crippen molar-refractivity contribution in [3.05, 3.63) is 0 Å². The van der Waals surface area contributed by atoms with Crippen LogP contribution in [-0.2, 0) is 4.79 Å². The van der Waals surface area contributed by atoms with Crippen molar-refractivity contribution in [3.63, 3.8) is 0 Å². The van der Waals surface area contributed by atoms with Crippen molar-refractivity contribution in [1.29, 1.82) is 0 Å². The summed E-state index contributed by atoms with van der Waals surface area (Å²) in [6.45, 7) is 11.4. The first-order chi connectivity index (χ1) is 6.63. The highest BCUT2D eigenvalue weighted by molar-refractivity contribution is 5.76. The highest BCUT2D eigenvalue weighted by atomic mass is 16.2. The van der Waals surface area contributed by atoms with Gasteiger partial charge in [0.1, 0.15) is 0 Å². The van der Waals surface area contributed by atoms with Crippen LogP contribution in [0.4, 0.5) is 0 Å². The number of hydrogen-bond donors (Lipinski definition) is 0. The van der Waals surface area contributed by atoms with Crippen molar-refractivity contribution in [2.45, 2.75) is 27.2 Å². The first-order valence-electron chi connectivity index (χ1n) is 5.63. The van der Waals surface area contributed by atoms with E-state index >= 15 is 0 Å². The molecule has 0 spiro atoms. The molecule has 3 nitrogen and oxygen atoms in total. The Morgan fingerprint density at radius 1 is 1.21 bits per heavy atom. The second-order valence-electron chi connectivity index (χ2n) is 4.41. The summed E-state index contributed by atoms with van der Waals surface area (Å²) < 4.78 is 0. The van der Waals surface area contributed by atoms with Gasteiger partial charge in [0.25, 0.3) is 0 Å². The summed E-state index contributed by atoms with van der Waals surface area (Å²) in [5.41, 5.74) is 0. The predicted molar refractivity (Wildman–Crippen MR) is 58.1 cm³/mol. The molecule has 0 bridgehead atoms. The standard InChI is InChI=1S/C11H22N2O/c1-4-12-5-7-13(8-6-12)11(14)9-10(2)3/h10H,4-9H2,1-3H3. The van der Waals surface area contributed by atoms with Crippen LogP contribution >= 0.6 is 0 Å². The second kappa shape index (κ2) is 5.35. The predicted octanol–water partition coefficient (Wildman–Crippen LogP) is 1.20. The highest BCUT2D eigenvalue weighted by Crippen LogP contribution is 2.07. The molecule has 1 aliphatic rings. The van der Waals surface area contributed by atoms with Crippen LogP contribution in [0.25, 0.3) is 0 Å². The van der Waals surface area contributed by atoms with Gasteiger partial charge in [-0.1, -0.05) is 20.8 Å². The summed E-state index contributed by atoms with van der Waals surface area (Å²) in [7, 11) is 0. The van der Waals surface area contributed by atoms with Gasteiger partial charge in [0.2, 0.25) is 5.91 Å². The molecule has 0 radical (unpaired) electrons. The first-order valence-corrected chi connectivity index (χ1v) is 5.63. The van der Waals surface area contributed by atoms with Crippen LogP contribution in [0.1, 0.15) is 27.2 Å². The third-order valence-electron chi connectivity index (χ3n) is 2.76. The quantitative estimate of drug-likeness (QED) is 0.680. The Hall–Kier alpha value is -0.570. The lowest BCUT2D eigenvalue weighted by Crippen LogP contribution is -2.48. The summed E-state index contributed by atoms with van der Waals surface area (Å²) >= 11 is 0. The molecule has 1 saturated heterocycles. The molecule has 0 aromatic heterocycles. The third-order valence-corrected chi connectivity index (χ3v) is 2.76. The van der Waals surface area contributed by atoms with E-state index in [-0.39, 0.29) is 0 Å². The Balaban J connectivity index is 2.30. The van der Waals surface area contributed by atoms with Crippen LogP contribution in [0.15, 0.2) is 0 Å². The molecule has 0 aromatic rings. The monoisotopic (exact) mass is 198 g/mol. The van der Waals surface area contributed by atoms with Crippen molar-refractivity contribution in [2.75, 3.05) is 32.7 Å². The minimum Gasteiger partial charge on any atom is -0.340 e. The third kappa shape index (κ3) is 3.29. The molecule has 0 aromatic carbocycles. The number of amides is 1. The van der Waals surface area contributed by atoms with Crippen LogP contribution in [0.2, 0.25) is 0 Å². The number of carbonyl (C=O) groups is 1. The molecule has 3 heteroatoms. The van der Waals surface area contributed by atoms with Gasteiger partial charge in [-0.3, -0.25) is 4.79 Å². The molecule has 1 rings (SSSR count). The van der Waals surface area contributed by atoms with Crippen molar-refractivity contribution >= 4 is 5.91 Å². The van der Waals surface area contributed by atoms with Crippen molar-refractivity contribution in [3.8, 4) is 0 Å². The fourth-order valence-electron chi connectivity index (χ4n) is 1.79. The van der Waals surface area contributed by atoms with E-state index < -0.39 is 0 Å². The van der Waals surface area contributed by atoms with Gasteiger partial charge in [0.05, 0.1) is 0 Å². The molecule has 82 valence electrons. The van der Waals surface area contributed by atoms with Gasteiger partial charge in [-0.25, -0.2) is 0 Å². The number of hydrogen-bond acceptors (Lipinski definition) is 2. The second-order valence-corrected chi connectivity index (χ2v) is 4.41. The highest BCUT2D eigenvalue weighted by Gasteiger charge is 2.20. The van der Waals surface area contributed by atoms with E-state index in [2.05, 4.69) is 25.7 Å². The van der Waals surface area contributed by atoms with Crippen molar-refractivity contribution in [2.24, 2.45) is 5.92 Å². The summed E-state index contributed by atoms with van der Waals surface area (Å²) in [4.78, 5) is 16.1. The van der Waals surface area contributed by atoms with Gasteiger partial charge in [-0.15, -0.1) is 0 Å². The number of piperazine rings is 1. The van der Waals surface area contributed by atoms with Gasteiger partial charge >= 0.3 is 0 Å². The molecular formula is C11H22N2O. The minimum atomic E-state index is 0.329. The molecule has 0 atom stereocenters. The Morgan fingerprint density at radius 3 is 2.21 bits per heavy atom. The molecule has 1 amide bonds. The van der Waals surface area contributed by atoms with Crippen LogP contribution < -0.4 is 0 Å². The minimum absolute atomic E-state index is 0.329. The molecule has 0 saturated carbocycles. The molecule has 0 N–H and O–H groups in total. The average molecular weight is 198 g/mol. The summed E-state index contributed by atoms with van der Waals surface area (Å²) in [5, 5.41) is 0. The smallest absolute Gasteiger partial charge is 0.222 e. The van der Waals surface area contributed by atoms with E-state index in [4.69, 9.17) is 0 Å². The van der Waals surface area contributed by atoms with Gasteiger partial charge in [0.15, 0.2) is 0 Å². The Morgan fingerprint density at radius 2 is 1.79 bits per heavy atom. The lowest BCUT2D eigenvalue weighted by molar-refractivity contribution is -0.133. The topological polar surface area (TPSA) is 23.6 Å². The van der Waals surface area contributed by atoms with E-state index in [1.807, 2.05) is 4.90 Å². The molecular weight excluding hydrogens is 176 g/mol. The number of nitrogens with zero attached hydrogens (tertiary/aromatic N) is 2. The fraction of sp³-hybridized carbons (Fsp3) is 0.909. The van der Waals surface area contributed by atoms with E-state index in [0.717, 1.165) is 32.7 Å². The number of rotatable bonds is 3. The van der Waals surface area contributed by atoms with Gasteiger partial charge in [0, 0.05) is 32.6 Å². The Kier molecular flexibility index (Phi) is 4.39. The SMILES string of the molecule is CCN1CCN(C(=O)CC(C)C)CC1.